The largest absolute Gasteiger partial charge is 0.393 e. The topological polar surface area (TPSA) is 113 Å². The first-order valence-electron chi connectivity index (χ1n) is 4.06. The molecule has 0 bridgehead atoms. The lowest BCUT2D eigenvalue weighted by molar-refractivity contribution is -0.383. The van der Waals surface area contributed by atoms with E-state index in [4.69, 9.17) is 5.73 Å². The highest BCUT2D eigenvalue weighted by molar-refractivity contribution is 5.62. The maximum atomic E-state index is 13.4. The number of nitrogens with zero attached hydrogens (tertiary/aromatic N) is 5. The molecule has 0 amide bonds. The summed E-state index contributed by atoms with van der Waals surface area (Å²) in [6.45, 7) is 0. The van der Waals surface area contributed by atoms with Crippen LogP contribution in [0.15, 0.2) is 18.5 Å². The van der Waals surface area contributed by atoms with Gasteiger partial charge >= 0.3 is 0 Å². The Morgan fingerprint density at radius 3 is 2.81 bits per heavy atom. The lowest BCUT2D eigenvalue weighted by Crippen LogP contribution is -2.03. The zero-order valence-electron chi connectivity index (χ0n) is 7.74. The van der Waals surface area contributed by atoms with Gasteiger partial charge in [0.1, 0.15) is 17.7 Å². The average molecular weight is 224 g/mol. The third-order valence-corrected chi connectivity index (χ3v) is 1.89. The predicted octanol–water partition coefficient (Wildman–Crippen LogP) is 0.292. The maximum absolute atomic E-state index is 13.4. The molecule has 0 radical (unpaired) electrons. The van der Waals surface area contributed by atoms with Gasteiger partial charge in [0.05, 0.1) is 4.92 Å². The van der Waals surface area contributed by atoms with Gasteiger partial charge in [0.15, 0.2) is 5.82 Å². The van der Waals surface area contributed by atoms with Crippen LogP contribution in [0.1, 0.15) is 0 Å². The number of nitrogens with two attached hydrogens (primary N) is 1. The lowest BCUT2D eigenvalue weighted by Gasteiger charge is -2.03. The molecule has 0 saturated carbocycles. The van der Waals surface area contributed by atoms with Gasteiger partial charge in [-0.3, -0.25) is 10.1 Å². The van der Waals surface area contributed by atoms with Crippen LogP contribution >= 0.6 is 0 Å². The van der Waals surface area contributed by atoms with Crippen LogP contribution in [-0.4, -0.2) is 25.1 Å². The van der Waals surface area contributed by atoms with E-state index in [9.17, 15) is 14.5 Å². The smallest absolute Gasteiger partial charge is 0.294 e. The summed E-state index contributed by atoms with van der Waals surface area (Å²) in [6.07, 6.45) is 1.12. The fourth-order valence-electron chi connectivity index (χ4n) is 1.17. The summed E-state index contributed by atoms with van der Waals surface area (Å²) >= 11 is 0. The molecule has 0 aliphatic rings. The number of rotatable bonds is 2. The Balaban J connectivity index is 2.63. The number of halogens is 1. The minimum atomic E-state index is -0.740. The van der Waals surface area contributed by atoms with Crippen LogP contribution < -0.4 is 5.73 Å². The first kappa shape index (κ1) is 9.96. The molecule has 0 unspecified atom stereocenters. The predicted molar refractivity (Wildman–Crippen MR) is 50.2 cm³/mol. The van der Waals surface area contributed by atoms with Crippen molar-refractivity contribution < 1.29 is 9.31 Å². The number of nitrogen functional groups attached to an aromatic ring is 1. The Bertz CT molecular complexity index is 540. The number of aromatic nitrogens is 4. The normalized spacial score (nSPS) is 10.3. The van der Waals surface area contributed by atoms with Gasteiger partial charge in [0.2, 0.25) is 0 Å². The molecule has 2 rings (SSSR count). The Hall–Kier alpha value is -2.58. The number of tetrazole rings is 1. The molecule has 1 aromatic carbocycles. The zero-order valence-corrected chi connectivity index (χ0v) is 7.74. The Labute approximate surface area is 87.6 Å². The summed E-state index contributed by atoms with van der Waals surface area (Å²) in [6, 6.07) is 1.83. The number of benzene rings is 1. The molecule has 1 heterocycles. The molecule has 0 aliphatic heterocycles. The van der Waals surface area contributed by atoms with E-state index in [0.717, 1.165) is 23.1 Å². The van der Waals surface area contributed by atoms with Crippen molar-refractivity contribution in [3.05, 3.63) is 34.4 Å². The lowest BCUT2D eigenvalue weighted by atomic mass is 10.2. The van der Waals surface area contributed by atoms with Crippen molar-refractivity contribution in [1.82, 2.24) is 20.2 Å². The molecule has 0 fully saturated rings. The molecule has 0 aliphatic carbocycles. The molecule has 8 nitrogen and oxygen atoms in total. The standard InChI is InChI=1S/C7H5FN6O2/c8-4-1-5(9)7(14(15)16)2-6(4)13-3-10-11-12-13/h1-3H,9H2. The summed E-state index contributed by atoms with van der Waals surface area (Å²) in [4.78, 5) is 9.89. The first-order chi connectivity index (χ1) is 7.59. The van der Waals surface area contributed by atoms with Gasteiger partial charge in [0, 0.05) is 12.1 Å². The van der Waals surface area contributed by atoms with Crippen LogP contribution in [0.3, 0.4) is 0 Å². The highest BCUT2D eigenvalue weighted by Crippen LogP contribution is 2.26. The van der Waals surface area contributed by atoms with Gasteiger partial charge in [-0.25, -0.2) is 4.39 Å². The van der Waals surface area contributed by atoms with E-state index < -0.39 is 16.4 Å². The fourth-order valence-corrected chi connectivity index (χ4v) is 1.17. The van der Waals surface area contributed by atoms with E-state index in [-0.39, 0.29) is 11.4 Å². The number of anilines is 1. The van der Waals surface area contributed by atoms with Crippen LogP contribution in [0.2, 0.25) is 0 Å². The summed E-state index contributed by atoms with van der Waals surface area (Å²) < 4.78 is 14.4. The summed E-state index contributed by atoms with van der Waals surface area (Å²) in [5.74, 6) is -0.740. The molecule has 1 aromatic heterocycles. The van der Waals surface area contributed by atoms with E-state index >= 15 is 0 Å². The van der Waals surface area contributed by atoms with Crippen LogP contribution in [-0.2, 0) is 0 Å². The van der Waals surface area contributed by atoms with E-state index in [1.165, 1.54) is 0 Å². The van der Waals surface area contributed by atoms with E-state index in [0.29, 0.717) is 0 Å². The molecular formula is C7H5FN6O2. The van der Waals surface area contributed by atoms with Gasteiger partial charge < -0.3 is 5.73 Å². The fraction of sp³-hybridized carbons (Fsp3) is 0. The molecule has 82 valence electrons. The zero-order chi connectivity index (χ0) is 11.7. The molecule has 2 aromatic rings. The Kier molecular flexibility index (Phi) is 2.20. The van der Waals surface area contributed by atoms with E-state index in [1.54, 1.807) is 0 Å². The molecule has 0 atom stereocenters. The van der Waals surface area contributed by atoms with Crippen molar-refractivity contribution in [3.63, 3.8) is 0 Å². The van der Waals surface area contributed by atoms with Gasteiger partial charge in [-0.05, 0) is 10.4 Å². The number of hydrogen-bond donors (Lipinski definition) is 1. The van der Waals surface area contributed by atoms with Crippen molar-refractivity contribution in [3.8, 4) is 5.69 Å². The third kappa shape index (κ3) is 1.54. The molecule has 16 heavy (non-hydrogen) atoms. The minimum absolute atomic E-state index is 0.133. The maximum Gasteiger partial charge on any atom is 0.294 e. The number of nitro benzene ring substituents is 1. The average Bonchev–Trinajstić information content (AvgIpc) is 2.70. The van der Waals surface area contributed by atoms with Crippen LogP contribution in [0.5, 0.6) is 0 Å². The molecule has 9 heteroatoms. The van der Waals surface area contributed by atoms with Gasteiger partial charge in [-0.15, -0.1) is 5.10 Å². The quantitative estimate of drug-likeness (QED) is 0.445. The highest BCUT2D eigenvalue weighted by atomic mass is 19.1. The van der Waals surface area contributed by atoms with Crippen molar-refractivity contribution in [2.24, 2.45) is 0 Å². The van der Waals surface area contributed by atoms with Gasteiger partial charge in [-0.2, -0.15) is 4.68 Å². The van der Waals surface area contributed by atoms with E-state index in [1.807, 2.05) is 0 Å². The SMILES string of the molecule is Nc1cc(F)c(-n2cnnn2)cc1[N+](=O)[O-]. The second-order valence-electron chi connectivity index (χ2n) is 2.87. The van der Waals surface area contributed by atoms with Gasteiger partial charge in [-0.1, -0.05) is 0 Å². The van der Waals surface area contributed by atoms with Crippen molar-refractivity contribution in [2.75, 3.05) is 5.73 Å². The second-order valence-corrected chi connectivity index (χ2v) is 2.87. The Morgan fingerprint density at radius 1 is 1.50 bits per heavy atom. The number of nitro groups is 1. The molecule has 2 N–H and O–H groups in total. The van der Waals surface area contributed by atoms with Crippen LogP contribution in [0.4, 0.5) is 15.8 Å². The Morgan fingerprint density at radius 2 is 2.25 bits per heavy atom. The van der Waals surface area contributed by atoms with Crippen molar-refractivity contribution >= 4 is 11.4 Å². The highest BCUT2D eigenvalue weighted by Gasteiger charge is 2.17. The van der Waals surface area contributed by atoms with Gasteiger partial charge in [0.25, 0.3) is 5.69 Å². The summed E-state index contributed by atoms with van der Waals surface area (Å²) in [5.41, 5.74) is 4.52. The van der Waals surface area contributed by atoms with Crippen molar-refractivity contribution in [1.29, 1.82) is 0 Å². The van der Waals surface area contributed by atoms with Crippen LogP contribution in [0, 0.1) is 15.9 Å². The molecule has 0 saturated heterocycles. The van der Waals surface area contributed by atoms with E-state index in [2.05, 4.69) is 15.5 Å². The molecular weight excluding hydrogens is 219 g/mol. The number of hydrogen-bond acceptors (Lipinski definition) is 6. The van der Waals surface area contributed by atoms with Crippen LogP contribution in [0.25, 0.3) is 5.69 Å². The minimum Gasteiger partial charge on any atom is -0.393 e. The summed E-state index contributed by atoms with van der Waals surface area (Å²) in [7, 11) is 0. The monoisotopic (exact) mass is 224 g/mol. The summed E-state index contributed by atoms with van der Waals surface area (Å²) in [5, 5.41) is 20.6. The third-order valence-electron chi connectivity index (χ3n) is 1.89. The first-order valence-corrected chi connectivity index (χ1v) is 4.06. The molecule has 0 spiro atoms. The van der Waals surface area contributed by atoms with Crippen molar-refractivity contribution in [2.45, 2.75) is 0 Å². The second kappa shape index (κ2) is 3.53.